The van der Waals surface area contributed by atoms with Crippen LogP contribution in [-0.4, -0.2) is 24.7 Å². The minimum atomic E-state index is -1.77. The van der Waals surface area contributed by atoms with E-state index in [1.807, 2.05) is 0 Å². The molecule has 2 rings (SSSR count). The van der Waals surface area contributed by atoms with Gasteiger partial charge in [-0.1, -0.05) is 6.07 Å². The van der Waals surface area contributed by atoms with Gasteiger partial charge in [-0.05, 0) is 31.2 Å². The molecule has 2 aromatic carbocycles. The molecule has 128 valence electrons. The molecule has 2 N–H and O–H groups in total. The molecular weight excluding hydrogens is 323 g/mol. The Morgan fingerprint density at radius 2 is 1.88 bits per heavy atom. The van der Waals surface area contributed by atoms with Crippen LogP contribution in [0.4, 0.5) is 13.2 Å². The van der Waals surface area contributed by atoms with Crippen LogP contribution in [0.3, 0.4) is 0 Å². The molecule has 1 unspecified atom stereocenters. The average molecular weight is 339 g/mol. The third kappa shape index (κ3) is 3.86. The quantitative estimate of drug-likeness (QED) is 0.881. The topological polar surface area (TPSA) is 58.6 Å². The van der Waals surface area contributed by atoms with Crippen LogP contribution in [0.25, 0.3) is 0 Å². The first-order chi connectivity index (χ1) is 11.2. The van der Waals surface area contributed by atoms with Crippen molar-refractivity contribution in [3.05, 3.63) is 65.0 Å². The summed E-state index contributed by atoms with van der Waals surface area (Å²) >= 11 is 0. The van der Waals surface area contributed by atoms with Crippen molar-refractivity contribution in [1.82, 2.24) is 5.32 Å². The van der Waals surface area contributed by atoms with Gasteiger partial charge >= 0.3 is 0 Å². The molecule has 7 heteroatoms. The summed E-state index contributed by atoms with van der Waals surface area (Å²) in [6, 6.07) is 6.38. The first kappa shape index (κ1) is 17.8. The van der Waals surface area contributed by atoms with Gasteiger partial charge in [-0.3, -0.25) is 4.79 Å². The summed E-state index contributed by atoms with van der Waals surface area (Å²) in [5.41, 5.74) is -1.91. The number of ether oxygens (including phenoxy) is 1. The Hall–Kier alpha value is -2.54. The molecule has 0 aliphatic carbocycles. The summed E-state index contributed by atoms with van der Waals surface area (Å²) in [7, 11) is 1.30. The first-order valence-corrected chi connectivity index (χ1v) is 7.04. The van der Waals surface area contributed by atoms with E-state index in [1.165, 1.54) is 26.2 Å². The number of rotatable bonds is 5. The van der Waals surface area contributed by atoms with Gasteiger partial charge in [0.25, 0.3) is 5.91 Å². The standard InChI is InChI=1S/C17H16F3NO3/c1-17(23,12-5-4-11(18)8-13(12)19)9-21-16(22)10-3-6-15(24-2)14(20)7-10/h3-8,23H,9H2,1-2H3,(H,21,22). The van der Waals surface area contributed by atoms with Crippen LogP contribution in [0.15, 0.2) is 36.4 Å². The number of benzene rings is 2. The third-order valence-electron chi connectivity index (χ3n) is 3.52. The molecule has 0 bridgehead atoms. The Balaban J connectivity index is 2.11. The van der Waals surface area contributed by atoms with Crippen molar-refractivity contribution in [3.8, 4) is 5.75 Å². The maximum Gasteiger partial charge on any atom is 0.251 e. The number of hydrogen-bond donors (Lipinski definition) is 2. The van der Waals surface area contributed by atoms with E-state index in [4.69, 9.17) is 4.74 Å². The van der Waals surface area contributed by atoms with Gasteiger partial charge in [0, 0.05) is 17.2 Å². The molecule has 0 aliphatic rings. The Morgan fingerprint density at radius 1 is 1.17 bits per heavy atom. The molecule has 4 nitrogen and oxygen atoms in total. The molecule has 0 saturated carbocycles. The molecular formula is C17H16F3NO3. The van der Waals surface area contributed by atoms with Crippen LogP contribution in [-0.2, 0) is 5.60 Å². The number of aliphatic hydroxyl groups is 1. The number of halogens is 3. The largest absolute Gasteiger partial charge is 0.494 e. The van der Waals surface area contributed by atoms with Gasteiger partial charge in [0.05, 0.1) is 13.7 Å². The molecule has 1 amide bonds. The van der Waals surface area contributed by atoms with Crippen LogP contribution in [0, 0.1) is 17.5 Å². The number of hydrogen-bond acceptors (Lipinski definition) is 3. The van der Waals surface area contributed by atoms with E-state index in [2.05, 4.69) is 5.32 Å². The van der Waals surface area contributed by atoms with Crippen molar-refractivity contribution in [2.75, 3.05) is 13.7 Å². The van der Waals surface area contributed by atoms with E-state index in [0.29, 0.717) is 6.07 Å². The van der Waals surface area contributed by atoms with Gasteiger partial charge in [0.1, 0.15) is 17.2 Å². The second-order valence-corrected chi connectivity index (χ2v) is 5.43. The molecule has 0 fully saturated rings. The molecule has 0 spiro atoms. The maximum atomic E-state index is 13.8. The zero-order chi connectivity index (χ0) is 17.9. The van der Waals surface area contributed by atoms with Crippen LogP contribution in [0.2, 0.25) is 0 Å². The minimum Gasteiger partial charge on any atom is -0.494 e. The second kappa shape index (κ2) is 6.92. The number of nitrogens with one attached hydrogen (secondary N) is 1. The molecule has 0 aromatic heterocycles. The fraction of sp³-hybridized carbons (Fsp3) is 0.235. The highest BCUT2D eigenvalue weighted by atomic mass is 19.1. The van der Waals surface area contributed by atoms with Gasteiger partial charge in [0.2, 0.25) is 0 Å². The van der Waals surface area contributed by atoms with Gasteiger partial charge in [-0.2, -0.15) is 0 Å². The van der Waals surface area contributed by atoms with E-state index in [9.17, 15) is 23.1 Å². The monoisotopic (exact) mass is 339 g/mol. The summed E-state index contributed by atoms with van der Waals surface area (Å²) in [6.45, 7) is 0.931. The van der Waals surface area contributed by atoms with Crippen molar-refractivity contribution in [2.24, 2.45) is 0 Å². The van der Waals surface area contributed by atoms with E-state index in [1.54, 1.807) is 0 Å². The van der Waals surface area contributed by atoms with Crippen LogP contribution in [0.1, 0.15) is 22.8 Å². The van der Waals surface area contributed by atoms with Gasteiger partial charge in [-0.15, -0.1) is 0 Å². The SMILES string of the molecule is COc1ccc(C(=O)NCC(C)(O)c2ccc(F)cc2F)cc1F. The van der Waals surface area contributed by atoms with Crippen LogP contribution < -0.4 is 10.1 Å². The highest BCUT2D eigenvalue weighted by Gasteiger charge is 2.27. The Kier molecular flexibility index (Phi) is 5.14. The van der Waals surface area contributed by atoms with E-state index in [-0.39, 0.29) is 23.4 Å². The van der Waals surface area contributed by atoms with Crippen molar-refractivity contribution in [3.63, 3.8) is 0 Å². The van der Waals surface area contributed by atoms with Gasteiger partial charge in [0.15, 0.2) is 11.6 Å². The second-order valence-electron chi connectivity index (χ2n) is 5.43. The Bertz CT molecular complexity index is 763. The van der Waals surface area contributed by atoms with Crippen molar-refractivity contribution < 1.29 is 27.8 Å². The number of methoxy groups -OCH3 is 1. The summed E-state index contributed by atoms with van der Waals surface area (Å²) in [5, 5.41) is 12.7. The number of carbonyl (C=O) groups excluding carboxylic acids is 1. The zero-order valence-corrected chi connectivity index (χ0v) is 13.1. The lowest BCUT2D eigenvalue weighted by Gasteiger charge is -2.24. The fourth-order valence-electron chi connectivity index (χ4n) is 2.18. The highest BCUT2D eigenvalue weighted by molar-refractivity contribution is 5.94. The Morgan fingerprint density at radius 3 is 2.46 bits per heavy atom. The lowest BCUT2D eigenvalue weighted by molar-refractivity contribution is 0.0494. The molecule has 0 radical (unpaired) electrons. The lowest BCUT2D eigenvalue weighted by atomic mass is 9.95. The van der Waals surface area contributed by atoms with E-state index < -0.39 is 29.0 Å². The summed E-state index contributed by atoms with van der Waals surface area (Å²) in [6.07, 6.45) is 0. The van der Waals surface area contributed by atoms with E-state index >= 15 is 0 Å². The van der Waals surface area contributed by atoms with Crippen LogP contribution in [0.5, 0.6) is 5.75 Å². The lowest BCUT2D eigenvalue weighted by Crippen LogP contribution is -2.39. The smallest absolute Gasteiger partial charge is 0.251 e. The predicted octanol–water partition coefficient (Wildman–Crippen LogP) is 2.75. The zero-order valence-electron chi connectivity index (χ0n) is 13.1. The van der Waals surface area contributed by atoms with E-state index in [0.717, 1.165) is 18.2 Å². The minimum absolute atomic E-state index is 0.00747. The summed E-state index contributed by atoms with van der Waals surface area (Å²) in [5.74, 6) is -3.07. The molecule has 1 atom stereocenters. The average Bonchev–Trinajstić information content (AvgIpc) is 2.52. The highest BCUT2D eigenvalue weighted by Crippen LogP contribution is 2.24. The number of amides is 1. The van der Waals surface area contributed by atoms with Gasteiger partial charge in [-0.25, -0.2) is 13.2 Å². The summed E-state index contributed by atoms with van der Waals surface area (Å²) < 4.78 is 45.0. The Labute approximate surface area is 136 Å². The van der Waals surface area contributed by atoms with Crippen molar-refractivity contribution >= 4 is 5.91 Å². The maximum absolute atomic E-state index is 13.8. The molecule has 0 heterocycles. The molecule has 24 heavy (non-hydrogen) atoms. The number of carbonyl (C=O) groups is 1. The molecule has 0 aliphatic heterocycles. The van der Waals surface area contributed by atoms with Gasteiger partial charge < -0.3 is 15.2 Å². The molecule has 2 aromatic rings. The van der Waals surface area contributed by atoms with Crippen LogP contribution >= 0.6 is 0 Å². The fourth-order valence-corrected chi connectivity index (χ4v) is 2.18. The molecule has 0 saturated heterocycles. The predicted molar refractivity (Wildman–Crippen MR) is 81.2 cm³/mol. The summed E-state index contributed by atoms with van der Waals surface area (Å²) in [4.78, 5) is 12.0. The van der Waals surface area contributed by atoms with Crippen molar-refractivity contribution in [2.45, 2.75) is 12.5 Å². The normalized spacial score (nSPS) is 13.2. The van der Waals surface area contributed by atoms with Crippen molar-refractivity contribution in [1.29, 1.82) is 0 Å². The third-order valence-corrected chi connectivity index (χ3v) is 3.52. The first-order valence-electron chi connectivity index (χ1n) is 7.04.